The van der Waals surface area contributed by atoms with E-state index in [0.29, 0.717) is 11.0 Å². The summed E-state index contributed by atoms with van der Waals surface area (Å²) < 4.78 is 7.09. The van der Waals surface area contributed by atoms with Crippen LogP contribution in [0.2, 0.25) is 0 Å². The number of carboxylic acids is 1. The first kappa shape index (κ1) is 17.0. The number of para-hydroxylation sites is 1. The molecular formula is C18H17N3O3S. The van der Waals surface area contributed by atoms with Crippen LogP contribution in [0, 0.1) is 6.92 Å². The molecule has 0 bridgehead atoms. The molecule has 3 aromatic rings. The predicted molar refractivity (Wildman–Crippen MR) is 96.4 cm³/mol. The molecule has 0 aliphatic heterocycles. The minimum atomic E-state index is -0.893. The average molecular weight is 355 g/mol. The number of hydrogen-bond acceptors (Lipinski definition) is 5. The molecule has 0 spiro atoms. The van der Waals surface area contributed by atoms with E-state index in [1.165, 1.54) is 0 Å². The maximum atomic E-state index is 10.9. The number of carbonyl (C=O) groups is 1. The molecule has 0 fully saturated rings. The molecule has 1 N–H and O–H groups in total. The number of aromatic nitrogens is 3. The van der Waals surface area contributed by atoms with Crippen molar-refractivity contribution in [3.63, 3.8) is 0 Å². The van der Waals surface area contributed by atoms with Crippen LogP contribution in [0.4, 0.5) is 0 Å². The first-order chi connectivity index (χ1) is 12.1. The minimum Gasteiger partial charge on any atom is -0.497 e. The fraction of sp³-hybridized carbons (Fsp3) is 0.167. The number of thioether (sulfide) groups is 1. The number of rotatable bonds is 6. The molecule has 0 amide bonds. The van der Waals surface area contributed by atoms with Crippen LogP contribution >= 0.6 is 11.8 Å². The van der Waals surface area contributed by atoms with Gasteiger partial charge in [-0.3, -0.25) is 9.36 Å². The molecule has 0 radical (unpaired) electrons. The number of carboxylic acid groups (broad SMARTS) is 1. The summed E-state index contributed by atoms with van der Waals surface area (Å²) >= 11 is 1.15. The summed E-state index contributed by atoms with van der Waals surface area (Å²) in [6.07, 6.45) is 0. The van der Waals surface area contributed by atoms with E-state index in [9.17, 15) is 4.79 Å². The van der Waals surface area contributed by atoms with E-state index >= 15 is 0 Å². The molecule has 0 atom stereocenters. The molecule has 3 rings (SSSR count). The number of nitrogens with zero attached hydrogens (tertiary/aromatic N) is 3. The van der Waals surface area contributed by atoms with Gasteiger partial charge in [-0.15, -0.1) is 10.2 Å². The maximum Gasteiger partial charge on any atom is 0.313 e. The van der Waals surface area contributed by atoms with Crippen LogP contribution in [0.5, 0.6) is 5.75 Å². The third kappa shape index (κ3) is 3.66. The second kappa shape index (κ2) is 7.40. The van der Waals surface area contributed by atoms with E-state index in [1.54, 1.807) is 7.11 Å². The largest absolute Gasteiger partial charge is 0.497 e. The van der Waals surface area contributed by atoms with Crippen molar-refractivity contribution < 1.29 is 14.6 Å². The van der Waals surface area contributed by atoms with Gasteiger partial charge < -0.3 is 9.84 Å². The number of methoxy groups -OCH3 is 1. The summed E-state index contributed by atoms with van der Waals surface area (Å²) in [5, 5.41) is 18.0. The Morgan fingerprint density at radius 1 is 1.16 bits per heavy atom. The van der Waals surface area contributed by atoms with Gasteiger partial charge in [0.25, 0.3) is 0 Å². The van der Waals surface area contributed by atoms with Crippen molar-refractivity contribution in [1.29, 1.82) is 0 Å². The molecule has 0 unspecified atom stereocenters. The zero-order valence-electron chi connectivity index (χ0n) is 13.8. The van der Waals surface area contributed by atoms with Crippen LogP contribution in [0.25, 0.3) is 17.1 Å². The van der Waals surface area contributed by atoms with E-state index in [2.05, 4.69) is 10.2 Å². The Hall–Kier alpha value is -2.80. The Kier molecular flexibility index (Phi) is 5.04. The summed E-state index contributed by atoms with van der Waals surface area (Å²) in [7, 11) is 1.62. The third-order valence-electron chi connectivity index (χ3n) is 3.66. The third-order valence-corrected chi connectivity index (χ3v) is 4.58. The molecular weight excluding hydrogens is 338 g/mol. The highest BCUT2D eigenvalue weighted by Crippen LogP contribution is 2.30. The Bertz CT molecular complexity index is 891. The van der Waals surface area contributed by atoms with E-state index in [4.69, 9.17) is 9.84 Å². The van der Waals surface area contributed by atoms with Gasteiger partial charge in [-0.25, -0.2) is 0 Å². The van der Waals surface area contributed by atoms with Crippen molar-refractivity contribution in [2.24, 2.45) is 0 Å². The van der Waals surface area contributed by atoms with Gasteiger partial charge in [0.2, 0.25) is 0 Å². The van der Waals surface area contributed by atoms with E-state index in [0.717, 1.165) is 34.3 Å². The Balaban J connectivity index is 2.11. The molecule has 7 heteroatoms. The molecule has 0 aliphatic carbocycles. The number of hydrogen-bond donors (Lipinski definition) is 1. The van der Waals surface area contributed by atoms with Gasteiger partial charge in [-0.05, 0) is 42.8 Å². The first-order valence-corrected chi connectivity index (χ1v) is 8.59. The fourth-order valence-corrected chi connectivity index (χ4v) is 3.11. The molecule has 25 heavy (non-hydrogen) atoms. The molecule has 0 aliphatic rings. The van der Waals surface area contributed by atoms with Gasteiger partial charge in [0.15, 0.2) is 11.0 Å². The van der Waals surface area contributed by atoms with Crippen molar-refractivity contribution in [3.05, 3.63) is 54.1 Å². The molecule has 6 nitrogen and oxygen atoms in total. The molecule has 0 saturated carbocycles. The number of aliphatic carboxylic acids is 1. The molecule has 2 aromatic carbocycles. The summed E-state index contributed by atoms with van der Waals surface area (Å²) in [4.78, 5) is 10.9. The Morgan fingerprint density at radius 3 is 2.52 bits per heavy atom. The second-order valence-electron chi connectivity index (χ2n) is 5.34. The predicted octanol–water partition coefficient (Wildman–Crippen LogP) is 3.43. The van der Waals surface area contributed by atoms with Gasteiger partial charge in [0.1, 0.15) is 5.75 Å². The quantitative estimate of drug-likeness (QED) is 0.683. The SMILES string of the molecule is COc1ccc(-c2nnc(SCC(=O)O)n2-c2ccccc2C)cc1. The normalized spacial score (nSPS) is 10.6. The van der Waals surface area contributed by atoms with Gasteiger partial charge in [0.05, 0.1) is 18.6 Å². The first-order valence-electron chi connectivity index (χ1n) is 7.60. The Labute approximate surface area is 149 Å². The van der Waals surface area contributed by atoms with Crippen LogP contribution in [-0.2, 0) is 4.79 Å². The topological polar surface area (TPSA) is 77.2 Å². The van der Waals surface area contributed by atoms with Crippen molar-refractivity contribution in [2.45, 2.75) is 12.1 Å². The lowest BCUT2D eigenvalue weighted by Gasteiger charge is -2.12. The second-order valence-corrected chi connectivity index (χ2v) is 6.28. The number of ether oxygens (including phenoxy) is 1. The summed E-state index contributed by atoms with van der Waals surface area (Å²) in [6, 6.07) is 15.4. The fourth-order valence-electron chi connectivity index (χ4n) is 2.45. The Morgan fingerprint density at radius 2 is 1.88 bits per heavy atom. The number of aryl methyl sites for hydroxylation is 1. The molecule has 1 heterocycles. The zero-order chi connectivity index (χ0) is 17.8. The van der Waals surface area contributed by atoms with E-state index in [1.807, 2.05) is 60.0 Å². The number of benzene rings is 2. The highest BCUT2D eigenvalue weighted by molar-refractivity contribution is 7.99. The summed E-state index contributed by atoms with van der Waals surface area (Å²) in [5.74, 6) is 0.443. The van der Waals surface area contributed by atoms with Crippen molar-refractivity contribution >= 4 is 17.7 Å². The smallest absolute Gasteiger partial charge is 0.313 e. The lowest BCUT2D eigenvalue weighted by molar-refractivity contribution is -0.133. The van der Waals surface area contributed by atoms with E-state index < -0.39 is 5.97 Å². The van der Waals surface area contributed by atoms with Gasteiger partial charge >= 0.3 is 5.97 Å². The van der Waals surface area contributed by atoms with Gasteiger partial charge in [-0.2, -0.15) is 0 Å². The van der Waals surface area contributed by atoms with E-state index in [-0.39, 0.29) is 5.75 Å². The van der Waals surface area contributed by atoms with Crippen molar-refractivity contribution in [2.75, 3.05) is 12.9 Å². The van der Waals surface area contributed by atoms with Gasteiger partial charge in [-0.1, -0.05) is 30.0 Å². The lowest BCUT2D eigenvalue weighted by Crippen LogP contribution is -2.04. The average Bonchev–Trinajstić information content (AvgIpc) is 3.04. The zero-order valence-corrected chi connectivity index (χ0v) is 14.7. The monoisotopic (exact) mass is 355 g/mol. The summed E-state index contributed by atoms with van der Waals surface area (Å²) in [5.41, 5.74) is 2.85. The minimum absolute atomic E-state index is 0.0768. The highest BCUT2D eigenvalue weighted by Gasteiger charge is 2.18. The van der Waals surface area contributed by atoms with Crippen LogP contribution in [0.15, 0.2) is 53.7 Å². The van der Waals surface area contributed by atoms with Crippen LogP contribution in [-0.4, -0.2) is 38.7 Å². The van der Waals surface area contributed by atoms with Crippen LogP contribution in [0.3, 0.4) is 0 Å². The standard InChI is InChI=1S/C18H17N3O3S/c1-12-5-3-4-6-15(12)21-17(13-7-9-14(24-2)10-8-13)19-20-18(21)25-11-16(22)23/h3-10H,11H2,1-2H3,(H,22,23). The highest BCUT2D eigenvalue weighted by atomic mass is 32.2. The van der Waals surface area contributed by atoms with Crippen LogP contribution < -0.4 is 4.74 Å². The molecule has 1 aromatic heterocycles. The lowest BCUT2D eigenvalue weighted by atomic mass is 10.1. The van der Waals surface area contributed by atoms with Crippen molar-refractivity contribution in [3.8, 4) is 22.8 Å². The summed E-state index contributed by atoms with van der Waals surface area (Å²) in [6.45, 7) is 2.00. The maximum absolute atomic E-state index is 10.9. The molecule has 0 saturated heterocycles. The van der Waals surface area contributed by atoms with Gasteiger partial charge in [0, 0.05) is 5.56 Å². The molecule has 128 valence electrons. The van der Waals surface area contributed by atoms with Crippen molar-refractivity contribution in [1.82, 2.24) is 14.8 Å². The van der Waals surface area contributed by atoms with Crippen LogP contribution in [0.1, 0.15) is 5.56 Å².